The maximum Gasteiger partial charge on any atom is 2.00 e. The van der Waals surface area contributed by atoms with Crippen LogP contribution >= 0.6 is 11.6 Å². The largest absolute Gasteiger partial charge is 2.00 e. The second kappa shape index (κ2) is 21.3. The van der Waals surface area contributed by atoms with Gasteiger partial charge in [0.25, 0.3) is 11.8 Å². The molecule has 4 aliphatic heterocycles. The number of benzene rings is 2. The molecule has 4 aliphatic rings. The number of nitriles is 1. The molecule has 4 atom stereocenters. The first kappa shape index (κ1) is 50.3. The average Bonchev–Trinajstić information content (AvgIpc) is 4.12. The number of rotatable bonds is 6. The van der Waals surface area contributed by atoms with Crippen molar-refractivity contribution in [2.75, 3.05) is 50.9 Å². The summed E-state index contributed by atoms with van der Waals surface area (Å²) in [6.07, 6.45) is 6.31. The van der Waals surface area contributed by atoms with E-state index in [-0.39, 0.29) is 66.3 Å². The van der Waals surface area contributed by atoms with Crippen molar-refractivity contribution in [3.05, 3.63) is 130 Å². The molecular formula is C47H50ClN11O4Zn. The summed E-state index contributed by atoms with van der Waals surface area (Å²) in [5.41, 5.74) is 5.41. The summed E-state index contributed by atoms with van der Waals surface area (Å²) in [5.74, 6) is 1.57. The van der Waals surface area contributed by atoms with Crippen LogP contribution in [0.1, 0.15) is 89.1 Å². The van der Waals surface area contributed by atoms with Crippen LogP contribution in [-0.2, 0) is 53.0 Å². The minimum atomic E-state index is -0.339. The van der Waals surface area contributed by atoms with Crippen molar-refractivity contribution in [1.29, 1.82) is 15.8 Å². The average molecular weight is 934 g/mol. The molecule has 326 valence electrons. The fourth-order valence-electron chi connectivity index (χ4n) is 8.57. The van der Waals surface area contributed by atoms with Gasteiger partial charge in [0.1, 0.15) is 11.6 Å². The first-order chi connectivity index (χ1) is 30.1. The molecule has 8 rings (SSSR count). The number of aromatic nitrogens is 2. The van der Waals surface area contributed by atoms with E-state index in [0.717, 1.165) is 53.2 Å². The molecule has 6 heterocycles. The van der Waals surface area contributed by atoms with E-state index < -0.39 is 0 Å². The Morgan fingerprint density at radius 2 is 1.09 bits per heavy atom. The Hall–Kier alpha value is -6.40. The topological polar surface area (TPSA) is 202 Å². The second-order valence-corrected chi connectivity index (χ2v) is 17.0. The number of likely N-dealkylation sites (tertiary alicyclic amines) is 2. The number of carbonyl (C=O) groups is 4. The van der Waals surface area contributed by atoms with Crippen molar-refractivity contribution < 1.29 is 38.7 Å². The van der Waals surface area contributed by atoms with E-state index in [2.05, 4.69) is 40.5 Å². The van der Waals surface area contributed by atoms with Crippen molar-refractivity contribution >= 4 is 46.9 Å². The van der Waals surface area contributed by atoms with Crippen molar-refractivity contribution in [3.8, 4) is 6.07 Å². The first-order valence-corrected chi connectivity index (χ1v) is 20.8. The number of amides is 4. The maximum atomic E-state index is 13.0. The quantitative estimate of drug-likeness (QED) is 0.169. The Morgan fingerprint density at radius 3 is 1.45 bits per heavy atom. The molecule has 2 aromatic carbocycles. The SMILES string of the molecule is CC(=O)N(C)[C@H]1CCN(C(=O)c2cnc3c(c2)C[C@](C)(c2ccc(C#N)cc2)N3)C1.CC(=O)N(C)[C@H]1CCN(C(=O)c2cnc3c(c2)C[C@](C)(c2ccc(Cl)cc2)N3)C1.[C-]#N.[C-]#N.[Zn+2]. The summed E-state index contributed by atoms with van der Waals surface area (Å²) >= 11 is 6.02. The van der Waals surface area contributed by atoms with Gasteiger partial charge in [0.05, 0.1) is 45.9 Å². The zero-order chi connectivity index (χ0) is 46.2. The Bertz CT molecular complexity index is 2430. The number of pyridine rings is 2. The molecule has 0 unspecified atom stereocenters. The Kier molecular flexibility index (Phi) is 16.7. The molecule has 4 amide bonds. The standard InChI is InChI=1S/C23H25N5O2.C22H25ClN4O2.2CN.Zn/c1-15(29)27(3)20-8-9-28(14-20)22(30)18-10-17-11-23(2,26-21(17)25-13-18)19-6-4-16(12-24)5-7-19;1-14(28)26(3)19-8-9-27(13-19)21(29)16-10-15-11-22(2,25-20(15)24-12-16)17-4-6-18(23)7-5-17;2*1-2;/h4-7,10,13,20H,8-9,11,14H2,1-3H3,(H,25,26);4-7,10,12,19H,8-9,11,13H2,1-3H3,(H,24,25);;;/q;;2*-1;+2/t20-,23+;19-,22+;;;/m00.../s1. The van der Waals surface area contributed by atoms with Crippen LogP contribution in [0.4, 0.5) is 11.6 Å². The van der Waals surface area contributed by atoms with E-state index in [1.165, 1.54) is 0 Å². The molecule has 0 saturated carbocycles. The summed E-state index contributed by atoms with van der Waals surface area (Å²) in [4.78, 5) is 65.3. The minimum absolute atomic E-state index is 0. The van der Waals surface area contributed by atoms with Crippen LogP contribution in [0.5, 0.6) is 0 Å². The van der Waals surface area contributed by atoms with E-state index in [4.69, 9.17) is 40.5 Å². The van der Waals surface area contributed by atoms with Gasteiger partial charge in [-0.3, -0.25) is 19.2 Å². The van der Waals surface area contributed by atoms with Gasteiger partial charge in [-0.1, -0.05) is 35.9 Å². The number of fused-ring (bicyclic) bond motifs is 2. The molecule has 17 heteroatoms. The van der Waals surface area contributed by atoms with Gasteiger partial charge in [0.2, 0.25) is 11.8 Å². The van der Waals surface area contributed by atoms with Gasteiger partial charge in [-0.15, -0.1) is 0 Å². The maximum absolute atomic E-state index is 13.0. The van der Waals surface area contributed by atoms with Crippen LogP contribution in [0, 0.1) is 35.0 Å². The number of hydrogen-bond acceptors (Lipinski definition) is 11. The predicted molar refractivity (Wildman–Crippen MR) is 236 cm³/mol. The van der Waals surface area contributed by atoms with Crippen LogP contribution in [0.2, 0.25) is 5.02 Å². The molecule has 2 aromatic heterocycles. The third kappa shape index (κ3) is 10.9. The number of nitrogens with one attached hydrogen (secondary N) is 2. The van der Waals surface area contributed by atoms with E-state index >= 15 is 0 Å². The van der Waals surface area contributed by atoms with Gasteiger partial charge in [-0.2, -0.15) is 5.26 Å². The van der Waals surface area contributed by atoms with E-state index in [0.29, 0.717) is 54.3 Å². The minimum Gasteiger partial charge on any atom is -0.512 e. The normalized spacial score (nSPS) is 20.8. The van der Waals surface area contributed by atoms with Crippen LogP contribution < -0.4 is 10.6 Å². The van der Waals surface area contributed by atoms with Crippen LogP contribution in [-0.4, -0.2) is 106 Å². The summed E-state index contributed by atoms with van der Waals surface area (Å²) in [5, 5.41) is 29.2. The fourth-order valence-corrected chi connectivity index (χ4v) is 8.69. The summed E-state index contributed by atoms with van der Waals surface area (Å²) < 4.78 is 0. The third-order valence-corrected chi connectivity index (χ3v) is 12.7. The van der Waals surface area contributed by atoms with E-state index in [1.54, 1.807) is 55.0 Å². The van der Waals surface area contributed by atoms with Gasteiger partial charge in [0.15, 0.2) is 0 Å². The van der Waals surface area contributed by atoms with Crippen LogP contribution in [0.15, 0.2) is 73.1 Å². The first-order valence-electron chi connectivity index (χ1n) is 20.4. The van der Waals surface area contributed by atoms with Crippen molar-refractivity contribution in [1.82, 2.24) is 29.6 Å². The van der Waals surface area contributed by atoms with Gasteiger partial charge >= 0.3 is 19.5 Å². The molecule has 0 bridgehead atoms. The van der Waals surface area contributed by atoms with E-state index in [1.807, 2.05) is 65.6 Å². The molecule has 2 fully saturated rings. The monoisotopic (exact) mass is 931 g/mol. The molecule has 0 aliphatic carbocycles. The molecule has 0 radical (unpaired) electrons. The Labute approximate surface area is 392 Å². The number of hydrogen-bond donors (Lipinski definition) is 2. The number of anilines is 2. The van der Waals surface area contributed by atoms with Crippen molar-refractivity contribution in [3.63, 3.8) is 0 Å². The Balaban J connectivity index is 0.000000257. The van der Waals surface area contributed by atoms with Crippen molar-refractivity contribution in [2.45, 2.75) is 76.5 Å². The Morgan fingerprint density at radius 1 is 0.719 bits per heavy atom. The molecule has 0 spiro atoms. The third-order valence-electron chi connectivity index (χ3n) is 12.4. The number of halogens is 1. The number of carbonyl (C=O) groups excluding carboxylic acids is 4. The zero-order valence-corrected chi connectivity index (χ0v) is 40.7. The van der Waals surface area contributed by atoms with Gasteiger partial charge in [0, 0.05) is 84.4 Å². The van der Waals surface area contributed by atoms with Gasteiger partial charge in [-0.05, 0) is 85.3 Å². The van der Waals surface area contributed by atoms with Gasteiger partial charge < -0.3 is 53.9 Å². The summed E-state index contributed by atoms with van der Waals surface area (Å²) in [7, 11) is 3.58. The summed E-state index contributed by atoms with van der Waals surface area (Å²) in [6, 6.07) is 21.5. The fraction of sp³-hybridized carbons (Fsp3) is 0.383. The van der Waals surface area contributed by atoms with Crippen LogP contribution in [0.25, 0.3) is 0 Å². The zero-order valence-electron chi connectivity index (χ0n) is 37.0. The second-order valence-electron chi connectivity index (χ2n) is 16.6. The molecule has 2 N–H and O–H groups in total. The molecule has 4 aromatic rings. The number of nitrogens with zero attached hydrogens (tertiary/aromatic N) is 9. The van der Waals surface area contributed by atoms with Crippen molar-refractivity contribution in [2.24, 2.45) is 0 Å². The van der Waals surface area contributed by atoms with E-state index in [9.17, 15) is 19.2 Å². The molecule has 15 nitrogen and oxygen atoms in total. The molecule has 64 heavy (non-hydrogen) atoms. The predicted octanol–water partition coefficient (Wildman–Crippen LogP) is 6.03. The smallest absolute Gasteiger partial charge is 0.512 e. The molecular weight excluding hydrogens is 883 g/mol. The number of likely N-dealkylation sites (N-methyl/N-ethyl adjacent to an activating group) is 2. The van der Waals surface area contributed by atoms with Crippen LogP contribution in [0.3, 0.4) is 0 Å². The summed E-state index contributed by atoms with van der Waals surface area (Å²) in [6.45, 7) is 19.2. The van der Waals surface area contributed by atoms with Gasteiger partial charge in [-0.25, -0.2) is 9.97 Å². The molecule has 2 saturated heterocycles.